The molecule has 1 N–H and O–H groups in total. The highest BCUT2D eigenvalue weighted by Gasteiger charge is 2.09. The van der Waals surface area contributed by atoms with Gasteiger partial charge in [-0.1, -0.05) is 12.1 Å². The molecule has 6 nitrogen and oxygen atoms in total. The maximum atomic E-state index is 5.72. The van der Waals surface area contributed by atoms with Crippen molar-refractivity contribution in [3.63, 3.8) is 0 Å². The summed E-state index contributed by atoms with van der Waals surface area (Å²) in [6, 6.07) is 3.84. The van der Waals surface area contributed by atoms with Crippen LogP contribution in [0.1, 0.15) is 36.4 Å². The average Bonchev–Trinajstić information content (AvgIpc) is 2.86. The zero-order valence-electron chi connectivity index (χ0n) is 12.1. The van der Waals surface area contributed by atoms with Gasteiger partial charge >= 0.3 is 0 Å². The number of hydrogen-bond donors (Lipinski definition) is 1. The van der Waals surface area contributed by atoms with Crippen LogP contribution in [-0.4, -0.2) is 22.2 Å². The van der Waals surface area contributed by atoms with E-state index in [1.54, 1.807) is 0 Å². The number of nitrogens with one attached hydrogen (secondary N) is 1. The zero-order chi connectivity index (χ0) is 14.4. The third kappa shape index (κ3) is 3.77. The van der Waals surface area contributed by atoms with Gasteiger partial charge in [-0.25, -0.2) is 0 Å². The molecule has 0 bridgehead atoms. The molecule has 0 atom stereocenters. The standard InChI is InChI=1S/C14H20N4O2/c1-4-5-13-17-14(20-18-13)9-19-12-7-6-10(2)16-11(12)8-15-3/h6-7,15H,4-5,8-9H2,1-3H3. The quantitative estimate of drug-likeness (QED) is 0.834. The van der Waals surface area contributed by atoms with E-state index in [-0.39, 0.29) is 6.61 Å². The smallest absolute Gasteiger partial charge is 0.264 e. The van der Waals surface area contributed by atoms with E-state index in [1.807, 2.05) is 26.1 Å². The van der Waals surface area contributed by atoms with E-state index in [4.69, 9.17) is 9.26 Å². The largest absolute Gasteiger partial charge is 0.482 e. The Balaban J connectivity index is 2.02. The first-order valence-corrected chi connectivity index (χ1v) is 6.78. The van der Waals surface area contributed by atoms with Crippen LogP contribution in [0.3, 0.4) is 0 Å². The van der Waals surface area contributed by atoms with Crippen LogP contribution in [0.15, 0.2) is 16.7 Å². The summed E-state index contributed by atoms with van der Waals surface area (Å²) in [5.74, 6) is 1.95. The first-order chi connectivity index (χ1) is 9.72. The number of hydrogen-bond acceptors (Lipinski definition) is 6. The highest BCUT2D eigenvalue weighted by atomic mass is 16.5. The number of pyridine rings is 1. The lowest BCUT2D eigenvalue weighted by Crippen LogP contribution is -2.10. The van der Waals surface area contributed by atoms with Crippen LogP contribution in [0.5, 0.6) is 5.75 Å². The Kier molecular flexibility index (Phi) is 5.06. The number of aryl methyl sites for hydroxylation is 2. The number of nitrogens with zero attached hydrogens (tertiary/aromatic N) is 3. The Morgan fingerprint density at radius 1 is 1.30 bits per heavy atom. The van der Waals surface area contributed by atoms with Crippen molar-refractivity contribution in [2.75, 3.05) is 7.05 Å². The van der Waals surface area contributed by atoms with Gasteiger partial charge in [-0.2, -0.15) is 4.98 Å². The second kappa shape index (κ2) is 7.00. The van der Waals surface area contributed by atoms with Crippen molar-refractivity contribution in [1.29, 1.82) is 0 Å². The highest BCUT2D eigenvalue weighted by molar-refractivity contribution is 5.29. The highest BCUT2D eigenvalue weighted by Crippen LogP contribution is 2.18. The average molecular weight is 276 g/mol. The van der Waals surface area contributed by atoms with Crippen LogP contribution in [0, 0.1) is 6.92 Å². The molecule has 6 heteroatoms. The van der Waals surface area contributed by atoms with E-state index in [0.29, 0.717) is 12.4 Å². The van der Waals surface area contributed by atoms with E-state index in [0.717, 1.165) is 35.8 Å². The Bertz CT molecular complexity index is 554. The first-order valence-electron chi connectivity index (χ1n) is 6.78. The molecule has 0 saturated carbocycles. The lowest BCUT2D eigenvalue weighted by atomic mass is 10.3. The van der Waals surface area contributed by atoms with Gasteiger partial charge in [0, 0.05) is 18.7 Å². The van der Waals surface area contributed by atoms with Gasteiger partial charge in [0.1, 0.15) is 5.75 Å². The van der Waals surface area contributed by atoms with Crippen molar-refractivity contribution in [3.8, 4) is 5.75 Å². The Hall–Kier alpha value is -1.95. The maximum Gasteiger partial charge on any atom is 0.264 e. The summed E-state index contributed by atoms with van der Waals surface area (Å²) in [5, 5.41) is 6.97. The Morgan fingerprint density at radius 3 is 2.90 bits per heavy atom. The van der Waals surface area contributed by atoms with Crippen molar-refractivity contribution in [3.05, 3.63) is 35.2 Å². The van der Waals surface area contributed by atoms with Gasteiger partial charge in [-0.05, 0) is 32.5 Å². The number of rotatable bonds is 7. The molecular formula is C14H20N4O2. The normalized spacial score (nSPS) is 10.8. The van der Waals surface area contributed by atoms with E-state index in [9.17, 15) is 0 Å². The molecule has 0 spiro atoms. The molecule has 2 heterocycles. The monoisotopic (exact) mass is 276 g/mol. The Morgan fingerprint density at radius 2 is 2.15 bits per heavy atom. The lowest BCUT2D eigenvalue weighted by Gasteiger charge is -2.09. The van der Waals surface area contributed by atoms with Crippen LogP contribution >= 0.6 is 0 Å². The van der Waals surface area contributed by atoms with Gasteiger partial charge in [-0.15, -0.1) is 0 Å². The molecule has 2 aromatic rings. The fourth-order valence-corrected chi connectivity index (χ4v) is 1.84. The molecule has 0 radical (unpaired) electrons. The lowest BCUT2D eigenvalue weighted by molar-refractivity contribution is 0.239. The van der Waals surface area contributed by atoms with Crippen molar-refractivity contribution >= 4 is 0 Å². The summed E-state index contributed by atoms with van der Waals surface area (Å²) in [4.78, 5) is 8.73. The van der Waals surface area contributed by atoms with E-state index in [1.165, 1.54) is 0 Å². The first kappa shape index (κ1) is 14.5. The molecule has 2 rings (SSSR count). The Labute approximate surface area is 118 Å². The van der Waals surface area contributed by atoms with Crippen molar-refractivity contribution in [2.45, 2.75) is 39.8 Å². The van der Waals surface area contributed by atoms with Crippen LogP contribution in [0.4, 0.5) is 0 Å². The molecule has 2 aromatic heterocycles. The molecule has 0 saturated heterocycles. The number of aromatic nitrogens is 3. The van der Waals surface area contributed by atoms with E-state index >= 15 is 0 Å². The SMILES string of the molecule is CCCc1noc(COc2ccc(C)nc2CNC)n1. The third-order valence-corrected chi connectivity index (χ3v) is 2.75. The van der Waals surface area contributed by atoms with Crippen molar-refractivity contribution in [1.82, 2.24) is 20.4 Å². The molecule has 0 aliphatic rings. The minimum Gasteiger partial charge on any atom is -0.482 e. The van der Waals surface area contributed by atoms with E-state index in [2.05, 4.69) is 27.4 Å². The molecule has 0 unspecified atom stereocenters. The second-order valence-electron chi connectivity index (χ2n) is 4.57. The summed E-state index contributed by atoms with van der Waals surface area (Å²) in [7, 11) is 1.88. The summed E-state index contributed by atoms with van der Waals surface area (Å²) in [5.41, 5.74) is 1.84. The van der Waals surface area contributed by atoms with Crippen LogP contribution in [0.25, 0.3) is 0 Å². The molecule has 20 heavy (non-hydrogen) atoms. The molecule has 108 valence electrons. The van der Waals surface area contributed by atoms with Crippen LogP contribution in [-0.2, 0) is 19.6 Å². The van der Waals surface area contributed by atoms with Crippen molar-refractivity contribution in [2.24, 2.45) is 0 Å². The fourth-order valence-electron chi connectivity index (χ4n) is 1.84. The molecular weight excluding hydrogens is 256 g/mol. The summed E-state index contributed by atoms with van der Waals surface area (Å²) >= 11 is 0. The summed E-state index contributed by atoms with van der Waals surface area (Å²) in [6.45, 7) is 4.95. The predicted molar refractivity (Wildman–Crippen MR) is 74.4 cm³/mol. The molecule has 0 amide bonds. The van der Waals surface area contributed by atoms with Gasteiger partial charge in [0.25, 0.3) is 5.89 Å². The minimum atomic E-state index is 0.262. The van der Waals surface area contributed by atoms with Crippen molar-refractivity contribution < 1.29 is 9.26 Å². The molecule has 0 aromatic carbocycles. The third-order valence-electron chi connectivity index (χ3n) is 2.75. The molecule has 0 aliphatic heterocycles. The molecule has 0 aliphatic carbocycles. The van der Waals surface area contributed by atoms with Gasteiger partial charge in [0.15, 0.2) is 12.4 Å². The fraction of sp³-hybridized carbons (Fsp3) is 0.500. The van der Waals surface area contributed by atoms with Gasteiger partial charge in [0.2, 0.25) is 0 Å². The van der Waals surface area contributed by atoms with Crippen LogP contribution < -0.4 is 10.1 Å². The minimum absolute atomic E-state index is 0.262. The van der Waals surface area contributed by atoms with E-state index < -0.39 is 0 Å². The van der Waals surface area contributed by atoms with Crippen LogP contribution in [0.2, 0.25) is 0 Å². The van der Waals surface area contributed by atoms with Gasteiger partial charge in [-0.3, -0.25) is 4.98 Å². The summed E-state index contributed by atoms with van der Waals surface area (Å²) < 4.78 is 10.9. The maximum absolute atomic E-state index is 5.72. The summed E-state index contributed by atoms with van der Waals surface area (Å²) in [6.07, 6.45) is 1.81. The zero-order valence-corrected chi connectivity index (χ0v) is 12.1. The number of ether oxygens (including phenoxy) is 1. The second-order valence-corrected chi connectivity index (χ2v) is 4.57. The van der Waals surface area contributed by atoms with Gasteiger partial charge in [0.05, 0.1) is 5.69 Å². The van der Waals surface area contributed by atoms with Gasteiger partial charge < -0.3 is 14.6 Å². The topological polar surface area (TPSA) is 73.1 Å². The molecule has 0 fully saturated rings. The predicted octanol–water partition coefficient (Wildman–Crippen LogP) is 2.02.